The van der Waals surface area contributed by atoms with Crippen LogP contribution in [-0.2, 0) is 14.4 Å². The number of halogens is 1. The molecule has 0 aliphatic rings. The first-order chi connectivity index (χ1) is 12.4. The van der Waals surface area contributed by atoms with Crippen LogP contribution in [0.3, 0.4) is 0 Å². The fraction of sp³-hybridized carbons (Fsp3) is 0.211. The Kier molecular flexibility index (Phi) is 6.43. The Bertz CT molecular complexity index is 806. The maximum atomic E-state index is 13.9. The van der Waals surface area contributed by atoms with E-state index >= 15 is 0 Å². The zero-order valence-electron chi connectivity index (χ0n) is 14.6. The Morgan fingerprint density at radius 2 is 1.50 bits per heavy atom. The van der Waals surface area contributed by atoms with Crippen LogP contribution in [0.25, 0.3) is 0 Å². The van der Waals surface area contributed by atoms with Gasteiger partial charge in [-0.1, -0.05) is 12.1 Å². The van der Waals surface area contributed by atoms with Gasteiger partial charge in [0.1, 0.15) is 5.82 Å². The van der Waals surface area contributed by atoms with Crippen molar-refractivity contribution in [3.8, 4) is 0 Å². The van der Waals surface area contributed by atoms with Gasteiger partial charge in [-0.2, -0.15) is 0 Å². The molecule has 0 aliphatic heterocycles. The third-order valence-electron chi connectivity index (χ3n) is 3.57. The average molecular weight is 357 g/mol. The standard InChI is InChI=1S/C19H20FN3O3/c1-13(24)21-15-7-9-16(10-8-15)22-19(26)11-12-23(14(2)25)18-6-4-3-5-17(18)20/h3-10H,11-12H2,1-2H3,(H,21,24)(H,22,26). The molecule has 26 heavy (non-hydrogen) atoms. The van der Waals surface area contributed by atoms with Gasteiger partial charge in [0.05, 0.1) is 5.69 Å². The van der Waals surface area contributed by atoms with E-state index in [1.165, 1.54) is 36.9 Å². The Morgan fingerprint density at radius 3 is 2.04 bits per heavy atom. The van der Waals surface area contributed by atoms with Crippen molar-refractivity contribution in [3.63, 3.8) is 0 Å². The molecule has 0 radical (unpaired) electrons. The molecule has 7 heteroatoms. The highest BCUT2D eigenvalue weighted by atomic mass is 19.1. The molecule has 0 aliphatic carbocycles. The minimum Gasteiger partial charge on any atom is -0.326 e. The molecular formula is C19H20FN3O3. The number of anilines is 3. The summed E-state index contributed by atoms with van der Waals surface area (Å²) in [6.45, 7) is 2.79. The first-order valence-corrected chi connectivity index (χ1v) is 8.07. The number of hydrogen-bond acceptors (Lipinski definition) is 3. The number of amides is 3. The van der Waals surface area contributed by atoms with E-state index < -0.39 is 5.82 Å². The van der Waals surface area contributed by atoms with Gasteiger partial charge in [-0.05, 0) is 36.4 Å². The molecule has 6 nitrogen and oxygen atoms in total. The molecule has 3 amide bonds. The van der Waals surface area contributed by atoms with Gasteiger partial charge in [-0.3, -0.25) is 14.4 Å². The first-order valence-electron chi connectivity index (χ1n) is 8.07. The number of nitrogens with one attached hydrogen (secondary N) is 2. The molecule has 0 spiro atoms. The van der Waals surface area contributed by atoms with E-state index in [-0.39, 0.29) is 36.4 Å². The molecule has 136 valence electrons. The average Bonchev–Trinajstić information content (AvgIpc) is 2.57. The Labute approximate surface area is 151 Å². The number of benzene rings is 2. The van der Waals surface area contributed by atoms with Crippen LogP contribution in [0.1, 0.15) is 20.3 Å². The van der Waals surface area contributed by atoms with Crippen LogP contribution in [0.15, 0.2) is 48.5 Å². The highest BCUT2D eigenvalue weighted by Gasteiger charge is 2.16. The van der Waals surface area contributed by atoms with Crippen LogP contribution in [0.4, 0.5) is 21.5 Å². The van der Waals surface area contributed by atoms with E-state index in [1.54, 1.807) is 30.3 Å². The summed E-state index contributed by atoms with van der Waals surface area (Å²) in [5.74, 6) is -1.35. The maximum absolute atomic E-state index is 13.9. The highest BCUT2D eigenvalue weighted by Crippen LogP contribution is 2.19. The van der Waals surface area contributed by atoms with Crippen LogP contribution in [0.5, 0.6) is 0 Å². The van der Waals surface area contributed by atoms with Crippen LogP contribution in [0, 0.1) is 5.82 Å². The largest absolute Gasteiger partial charge is 0.326 e. The predicted octanol–water partition coefficient (Wildman–Crippen LogP) is 3.17. The van der Waals surface area contributed by atoms with Gasteiger partial charge in [0.25, 0.3) is 0 Å². The van der Waals surface area contributed by atoms with Gasteiger partial charge in [0.2, 0.25) is 17.7 Å². The van der Waals surface area contributed by atoms with E-state index in [0.717, 1.165) is 0 Å². The maximum Gasteiger partial charge on any atom is 0.226 e. The second-order valence-electron chi connectivity index (χ2n) is 5.68. The Morgan fingerprint density at radius 1 is 0.923 bits per heavy atom. The van der Waals surface area contributed by atoms with Gasteiger partial charge in [0.15, 0.2) is 0 Å². The van der Waals surface area contributed by atoms with Crippen LogP contribution in [-0.4, -0.2) is 24.3 Å². The third kappa shape index (κ3) is 5.41. The number of rotatable bonds is 6. The van der Waals surface area contributed by atoms with Crippen molar-refractivity contribution in [1.29, 1.82) is 0 Å². The molecule has 0 saturated carbocycles. The van der Waals surface area contributed by atoms with Gasteiger partial charge in [-0.25, -0.2) is 4.39 Å². The zero-order chi connectivity index (χ0) is 19.1. The summed E-state index contributed by atoms with van der Waals surface area (Å²) in [6.07, 6.45) is 0.0152. The van der Waals surface area contributed by atoms with Crippen molar-refractivity contribution in [1.82, 2.24) is 0 Å². The fourth-order valence-corrected chi connectivity index (χ4v) is 2.40. The minimum atomic E-state index is -0.517. The summed E-state index contributed by atoms with van der Waals surface area (Å²) in [7, 11) is 0. The Balaban J connectivity index is 1.95. The molecule has 0 saturated heterocycles. The SMILES string of the molecule is CC(=O)Nc1ccc(NC(=O)CCN(C(C)=O)c2ccccc2F)cc1. The highest BCUT2D eigenvalue weighted by molar-refractivity contribution is 5.95. The van der Waals surface area contributed by atoms with E-state index in [4.69, 9.17) is 0 Å². The summed E-state index contributed by atoms with van der Waals surface area (Å²) in [4.78, 5) is 36.1. The molecule has 0 bridgehead atoms. The van der Waals surface area contributed by atoms with E-state index in [0.29, 0.717) is 11.4 Å². The molecule has 2 rings (SSSR count). The number of hydrogen-bond donors (Lipinski definition) is 2. The zero-order valence-corrected chi connectivity index (χ0v) is 14.6. The lowest BCUT2D eigenvalue weighted by molar-refractivity contribution is -0.117. The summed E-state index contributed by atoms with van der Waals surface area (Å²) in [5, 5.41) is 5.33. The summed E-state index contributed by atoms with van der Waals surface area (Å²) < 4.78 is 13.9. The summed E-state index contributed by atoms with van der Waals surface area (Å²) in [5.41, 5.74) is 1.33. The Hall–Kier alpha value is -3.22. The van der Waals surface area contributed by atoms with Crippen LogP contribution < -0.4 is 15.5 Å². The molecular weight excluding hydrogens is 337 g/mol. The van der Waals surface area contributed by atoms with Crippen LogP contribution in [0.2, 0.25) is 0 Å². The van der Waals surface area contributed by atoms with Crippen molar-refractivity contribution in [2.24, 2.45) is 0 Å². The molecule has 0 unspecified atom stereocenters. The molecule has 0 fully saturated rings. The van der Waals surface area contributed by atoms with E-state index in [1.807, 2.05) is 0 Å². The smallest absolute Gasteiger partial charge is 0.226 e. The quantitative estimate of drug-likeness (QED) is 0.833. The molecule has 0 atom stereocenters. The normalized spacial score (nSPS) is 10.1. The second-order valence-corrected chi connectivity index (χ2v) is 5.68. The van der Waals surface area contributed by atoms with Crippen LogP contribution >= 0.6 is 0 Å². The van der Waals surface area contributed by atoms with E-state index in [2.05, 4.69) is 10.6 Å². The molecule has 0 heterocycles. The number of carbonyl (C=O) groups excluding carboxylic acids is 3. The van der Waals surface area contributed by atoms with E-state index in [9.17, 15) is 18.8 Å². The van der Waals surface area contributed by atoms with Crippen molar-refractivity contribution >= 4 is 34.8 Å². The van der Waals surface area contributed by atoms with Gasteiger partial charge < -0.3 is 15.5 Å². The van der Waals surface area contributed by atoms with Crippen molar-refractivity contribution in [3.05, 3.63) is 54.3 Å². The topological polar surface area (TPSA) is 78.5 Å². The predicted molar refractivity (Wildman–Crippen MR) is 98.4 cm³/mol. The third-order valence-corrected chi connectivity index (χ3v) is 3.57. The monoisotopic (exact) mass is 357 g/mol. The van der Waals surface area contributed by atoms with Crippen molar-refractivity contribution in [2.75, 3.05) is 22.1 Å². The lowest BCUT2D eigenvalue weighted by atomic mass is 10.2. The second kappa shape index (κ2) is 8.75. The number of nitrogens with zero attached hydrogens (tertiary/aromatic N) is 1. The summed E-state index contributed by atoms with van der Waals surface area (Å²) >= 11 is 0. The minimum absolute atomic E-state index is 0.0152. The number of para-hydroxylation sites is 1. The van der Waals surface area contributed by atoms with Gasteiger partial charge >= 0.3 is 0 Å². The van der Waals surface area contributed by atoms with Crippen molar-refractivity contribution in [2.45, 2.75) is 20.3 Å². The fourth-order valence-electron chi connectivity index (χ4n) is 2.40. The molecule has 2 N–H and O–H groups in total. The van der Waals surface area contributed by atoms with Crippen molar-refractivity contribution < 1.29 is 18.8 Å². The van der Waals surface area contributed by atoms with Gasteiger partial charge in [-0.15, -0.1) is 0 Å². The first kappa shape index (κ1) is 19.1. The lowest BCUT2D eigenvalue weighted by Gasteiger charge is -2.21. The molecule has 2 aromatic rings. The lowest BCUT2D eigenvalue weighted by Crippen LogP contribution is -2.32. The molecule has 2 aromatic carbocycles. The number of carbonyl (C=O) groups is 3. The summed E-state index contributed by atoms with van der Waals surface area (Å²) in [6, 6.07) is 12.6. The van der Waals surface area contributed by atoms with Gasteiger partial charge in [0, 0.05) is 38.2 Å². The molecule has 0 aromatic heterocycles.